The lowest BCUT2D eigenvalue weighted by atomic mass is 10.0. The number of hydrogen-bond donors (Lipinski definition) is 1. The number of unbranched alkanes of at least 4 members (excludes halogenated alkanes) is 3. The fraction of sp³-hybridized carbons (Fsp3) is 0.417. The SMILES string of the molecule is CCCCCc1nc(CCCC)nn1Cc1ccc(-c2ncccc2-c2nnn[nH]2)cc1. The van der Waals surface area contributed by atoms with Gasteiger partial charge in [-0.1, -0.05) is 57.4 Å². The van der Waals surface area contributed by atoms with Gasteiger partial charge in [-0.3, -0.25) is 4.98 Å². The van der Waals surface area contributed by atoms with Gasteiger partial charge >= 0.3 is 0 Å². The molecule has 0 saturated heterocycles. The number of benzene rings is 1. The highest BCUT2D eigenvalue weighted by Crippen LogP contribution is 2.27. The zero-order valence-corrected chi connectivity index (χ0v) is 18.8. The number of aromatic nitrogens is 8. The zero-order valence-electron chi connectivity index (χ0n) is 18.8. The summed E-state index contributed by atoms with van der Waals surface area (Å²) in [7, 11) is 0. The Balaban J connectivity index is 1.54. The summed E-state index contributed by atoms with van der Waals surface area (Å²) in [5.74, 6) is 2.67. The van der Waals surface area contributed by atoms with Gasteiger partial charge in [-0.15, -0.1) is 5.10 Å². The molecule has 0 unspecified atom stereocenters. The van der Waals surface area contributed by atoms with Crippen LogP contribution in [0, 0.1) is 0 Å². The Morgan fingerprint density at radius 2 is 1.78 bits per heavy atom. The van der Waals surface area contributed by atoms with Crippen LogP contribution in [0.1, 0.15) is 63.2 Å². The van der Waals surface area contributed by atoms with Crippen molar-refractivity contribution >= 4 is 0 Å². The molecule has 0 aliphatic heterocycles. The molecule has 0 bridgehead atoms. The van der Waals surface area contributed by atoms with Crippen LogP contribution in [0.4, 0.5) is 0 Å². The molecule has 1 N–H and O–H groups in total. The highest BCUT2D eigenvalue weighted by molar-refractivity contribution is 5.76. The van der Waals surface area contributed by atoms with E-state index in [9.17, 15) is 0 Å². The van der Waals surface area contributed by atoms with Gasteiger partial charge in [0, 0.05) is 30.2 Å². The molecule has 4 aromatic rings. The number of pyridine rings is 1. The number of aryl methyl sites for hydroxylation is 2. The molecule has 0 radical (unpaired) electrons. The predicted octanol–water partition coefficient (Wildman–Crippen LogP) is 4.64. The number of aromatic amines is 1. The second kappa shape index (κ2) is 10.7. The van der Waals surface area contributed by atoms with Crippen LogP contribution in [-0.2, 0) is 19.4 Å². The monoisotopic (exact) mass is 430 g/mol. The lowest BCUT2D eigenvalue weighted by Crippen LogP contribution is -2.07. The molecule has 3 aromatic heterocycles. The third-order valence-corrected chi connectivity index (χ3v) is 5.52. The molecule has 8 nitrogen and oxygen atoms in total. The van der Waals surface area contributed by atoms with E-state index >= 15 is 0 Å². The van der Waals surface area contributed by atoms with Crippen molar-refractivity contribution in [2.75, 3.05) is 0 Å². The van der Waals surface area contributed by atoms with Crippen LogP contribution in [0.2, 0.25) is 0 Å². The molecular weight excluding hydrogens is 400 g/mol. The molecule has 0 fully saturated rings. The zero-order chi connectivity index (χ0) is 22.2. The topological polar surface area (TPSA) is 98.1 Å². The third kappa shape index (κ3) is 5.25. The third-order valence-electron chi connectivity index (χ3n) is 5.52. The average Bonchev–Trinajstić information content (AvgIpc) is 3.49. The molecular formula is C24H30N8. The van der Waals surface area contributed by atoms with Crippen molar-refractivity contribution in [1.29, 1.82) is 0 Å². The molecule has 0 aliphatic rings. The maximum atomic E-state index is 4.84. The van der Waals surface area contributed by atoms with Crippen LogP contribution in [-0.4, -0.2) is 40.4 Å². The van der Waals surface area contributed by atoms with Gasteiger partial charge in [0.1, 0.15) is 5.82 Å². The van der Waals surface area contributed by atoms with Crippen LogP contribution in [0.15, 0.2) is 42.6 Å². The van der Waals surface area contributed by atoms with Crippen molar-refractivity contribution in [3.8, 4) is 22.6 Å². The van der Waals surface area contributed by atoms with Gasteiger partial charge in [-0.05, 0) is 41.0 Å². The maximum Gasteiger partial charge on any atom is 0.181 e. The fourth-order valence-corrected chi connectivity index (χ4v) is 3.75. The highest BCUT2D eigenvalue weighted by Gasteiger charge is 2.13. The van der Waals surface area contributed by atoms with Crippen LogP contribution >= 0.6 is 0 Å². The van der Waals surface area contributed by atoms with E-state index in [1.54, 1.807) is 6.20 Å². The highest BCUT2D eigenvalue weighted by atomic mass is 15.5. The standard InChI is InChI=1S/C24H30N8/c1-3-5-7-11-22-26-21(10-6-4-2)29-32(22)17-18-12-14-19(15-13-18)23-20(9-8-16-25-23)24-27-30-31-28-24/h8-9,12-16H,3-7,10-11,17H2,1-2H3,(H,27,28,30,31). The van der Waals surface area contributed by atoms with Crippen molar-refractivity contribution in [3.63, 3.8) is 0 Å². The largest absolute Gasteiger partial charge is 0.255 e. The Morgan fingerprint density at radius 3 is 2.53 bits per heavy atom. The lowest BCUT2D eigenvalue weighted by Gasteiger charge is -2.09. The van der Waals surface area contributed by atoms with E-state index in [-0.39, 0.29) is 0 Å². The van der Waals surface area contributed by atoms with Gasteiger partial charge in [0.15, 0.2) is 11.6 Å². The van der Waals surface area contributed by atoms with E-state index in [4.69, 9.17) is 10.1 Å². The summed E-state index contributed by atoms with van der Waals surface area (Å²) in [6.45, 7) is 5.15. The minimum absolute atomic E-state index is 0.608. The molecule has 0 saturated carbocycles. The number of nitrogens with one attached hydrogen (secondary N) is 1. The number of rotatable bonds is 11. The molecule has 0 atom stereocenters. The summed E-state index contributed by atoms with van der Waals surface area (Å²) in [5.41, 5.74) is 3.93. The summed E-state index contributed by atoms with van der Waals surface area (Å²) >= 11 is 0. The first-order valence-electron chi connectivity index (χ1n) is 11.5. The Hall–Kier alpha value is -3.42. The van der Waals surface area contributed by atoms with Crippen molar-refractivity contribution in [2.45, 2.75) is 65.3 Å². The van der Waals surface area contributed by atoms with Crippen molar-refractivity contribution < 1.29 is 0 Å². The molecule has 4 rings (SSSR count). The average molecular weight is 431 g/mol. The minimum atomic E-state index is 0.608. The van der Waals surface area contributed by atoms with Gasteiger partial charge in [0.05, 0.1) is 12.2 Å². The second-order valence-corrected chi connectivity index (χ2v) is 8.01. The second-order valence-electron chi connectivity index (χ2n) is 8.01. The van der Waals surface area contributed by atoms with E-state index in [0.29, 0.717) is 5.82 Å². The van der Waals surface area contributed by atoms with E-state index in [0.717, 1.165) is 67.1 Å². The number of H-pyrrole nitrogens is 1. The van der Waals surface area contributed by atoms with Crippen LogP contribution in [0.3, 0.4) is 0 Å². The predicted molar refractivity (Wildman–Crippen MR) is 124 cm³/mol. The van der Waals surface area contributed by atoms with Crippen molar-refractivity contribution in [3.05, 3.63) is 59.8 Å². The quantitative estimate of drug-likeness (QED) is 0.348. The fourth-order valence-electron chi connectivity index (χ4n) is 3.75. The lowest BCUT2D eigenvalue weighted by molar-refractivity contribution is 0.602. The van der Waals surface area contributed by atoms with Gasteiger partial charge in [0.2, 0.25) is 0 Å². The summed E-state index contributed by atoms with van der Waals surface area (Å²) < 4.78 is 2.09. The van der Waals surface area contributed by atoms with E-state index in [1.807, 2.05) is 12.1 Å². The van der Waals surface area contributed by atoms with Gasteiger partial charge in [-0.2, -0.15) is 5.10 Å². The molecule has 0 aliphatic carbocycles. The number of hydrogen-bond acceptors (Lipinski definition) is 6. The molecule has 0 amide bonds. The summed E-state index contributed by atoms with van der Waals surface area (Å²) in [4.78, 5) is 9.40. The van der Waals surface area contributed by atoms with Crippen LogP contribution in [0.5, 0.6) is 0 Å². The molecule has 8 heteroatoms. The Morgan fingerprint density at radius 1 is 0.938 bits per heavy atom. The summed E-state index contributed by atoms with van der Waals surface area (Å²) in [6, 6.07) is 12.3. The molecule has 166 valence electrons. The maximum absolute atomic E-state index is 4.84. The smallest absolute Gasteiger partial charge is 0.181 e. The summed E-state index contributed by atoms with van der Waals surface area (Å²) in [6.07, 6.45) is 9.57. The van der Waals surface area contributed by atoms with E-state index < -0.39 is 0 Å². The Labute approximate surface area is 188 Å². The normalized spacial score (nSPS) is 11.2. The van der Waals surface area contributed by atoms with Crippen molar-refractivity contribution in [2.24, 2.45) is 0 Å². The Bertz CT molecular complexity index is 1100. The van der Waals surface area contributed by atoms with Gasteiger partial charge in [-0.25, -0.2) is 14.8 Å². The first-order valence-corrected chi connectivity index (χ1v) is 11.5. The Kier molecular flexibility index (Phi) is 7.32. The van der Waals surface area contributed by atoms with Crippen LogP contribution < -0.4 is 0 Å². The number of nitrogens with zero attached hydrogens (tertiary/aromatic N) is 7. The summed E-state index contributed by atoms with van der Waals surface area (Å²) in [5, 5.41) is 19.0. The minimum Gasteiger partial charge on any atom is -0.255 e. The van der Waals surface area contributed by atoms with Gasteiger partial charge in [0.25, 0.3) is 0 Å². The van der Waals surface area contributed by atoms with E-state index in [1.165, 1.54) is 18.4 Å². The molecule has 3 heterocycles. The molecule has 0 spiro atoms. The van der Waals surface area contributed by atoms with Crippen molar-refractivity contribution in [1.82, 2.24) is 40.4 Å². The first kappa shape index (κ1) is 21.8. The first-order chi connectivity index (χ1) is 15.8. The molecule has 1 aromatic carbocycles. The van der Waals surface area contributed by atoms with Crippen LogP contribution in [0.25, 0.3) is 22.6 Å². The number of tetrazole rings is 1. The molecule has 32 heavy (non-hydrogen) atoms. The van der Waals surface area contributed by atoms with Gasteiger partial charge < -0.3 is 0 Å². The van der Waals surface area contributed by atoms with E-state index in [2.05, 4.69) is 68.4 Å².